The molecule has 4 heteroatoms. The summed E-state index contributed by atoms with van der Waals surface area (Å²) >= 11 is 0. The highest BCUT2D eigenvalue weighted by Gasteiger charge is 2.34. The second-order valence-electron chi connectivity index (χ2n) is 4.08. The summed E-state index contributed by atoms with van der Waals surface area (Å²) in [6, 6.07) is 0.452. The van der Waals surface area contributed by atoms with Gasteiger partial charge in [-0.1, -0.05) is 13.3 Å². The van der Waals surface area contributed by atoms with Gasteiger partial charge in [0.2, 0.25) is 0 Å². The maximum absolute atomic E-state index is 12.0. The van der Waals surface area contributed by atoms with Gasteiger partial charge in [0.25, 0.3) is 5.91 Å². The van der Waals surface area contributed by atoms with Gasteiger partial charge in [0.1, 0.15) is 6.10 Å². The summed E-state index contributed by atoms with van der Waals surface area (Å²) < 4.78 is 5.08. The van der Waals surface area contributed by atoms with Crippen LogP contribution < -0.4 is 5.73 Å². The molecule has 0 aromatic heterocycles. The quantitative estimate of drug-likeness (QED) is 0.680. The molecule has 0 aromatic rings. The molecule has 88 valence electrons. The van der Waals surface area contributed by atoms with Crippen LogP contribution in [0.4, 0.5) is 0 Å². The Bertz CT molecular complexity index is 201. The van der Waals surface area contributed by atoms with Crippen molar-refractivity contribution in [3.05, 3.63) is 0 Å². The lowest BCUT2D eigenvalue weighted by molar-refractivity contribution is -0.142. The van der Waals surface area contributed by atoms with E-state index >= 15 is 0 Å². The first-order valence-electron chi connectivity index (χ1n) is 5.77. The summed E-state index contributed by atoms with van der Waals surface area (Å²) in [6.07, 6.45) is 3.98. The normalized spacial score (nSPS) is 17.5. The largest absolute Gasteiger partial charge is 0.370 e. The number of methoxy groups -OCH3 is 1. The SMILES string of the molecule is CCCCN(C(=O)C(CN)OC)C1CC1. The van der Waals surface area contributed by atoms with Crippen molar-refractivity contribution >= 4 is 5.91 Å². The van der Waals surface area contributed by atoms with Crippen molar-refractivity contribution in [1.29, 1.82) is 0 Å². The maximum Gasteiger partial charge on any atom is 0.253 e. The molecule has 15 heavy (non-hydrogen) atoms. The highest BCUT2D eigenvalue weighted by molar-refractivity contribution is 5.81. The summed E-state index contributed by atoms with van der Waals surface area (Å²) in [5, 5.41) is 0. The van der Waals surface area contributed by atoms with Crippen LogP contribution in [-0.2, 0) is 9.53 Å². The highest BCUT2D eigenvalue weighted by atomic mass is 16.5. The van der Waals surface area contributed by atoms with E-state index in [1.165, 1.54) is 0 Å². The Kier molecular flexibility index (Phi) is 5.05. The summed E-state index contributed by atoms with van der Waals surface area (Å²) in [5.74, 6) is 0.0657. The van der Waals surface area contributed by atoms with Gasteiger partial charge in [0.15, 0.2) is 0 Å². The van der Waals surface area contributed by atoms with Crippen LogP contribution in [0.1, 0.15) is 32.6 Å². The summed E-state index contributed by atoms with van der Waals surface area (Å²) in [5.41, 5.74) is 5.50. The molecule has 1 atom stereocenters. The van der Waals surface area contributed by atoms with E-state index < -0.39 is 6.10 Å². The molecule has 1 rings (SSSR count). The number of nitrogens with two attached hydrogens (primary N) is 1. The zero-order valence-corrected chi connectivity index (χ0v) is 9.74. The van der Waals surface area contributed by atoms with Crippen molar-refractivity contribution in [2.75, 3.05) is 20.2 Å². The number of ether oxygens (including phenoxy) is 1. The van der Waals surface area contributed by atoms with Crippen molar-refractivity contribution < 1.29 is 9.53 Å². The topological polar surface area (TPSA) is 55.6 Å². The van der Waals surface area contributed by atoms with Crippen LogP contribution in [0, 0.1) is 0 Å². The Balaban J connectivity index is 2.49. The number of hydrogen-bond donors (Lipinski definition) is 1. The van der Waals surface area contributed by atoms with Crippen molar-refractivity contribution in [1.82, 2.24) is 4.90 Å². The van der Waals surface area contributed by atoms with E-state index in [9.17, 15) is 4.79 Å². The van der Waals surface area contributed by atoms with Gasteiger partial charge in [0.05, 0.1) is 0 Å². The van der Waals surface area contributed by atoms with E-state index in [1.54, 1.807) is 7.11 Å². The van der Waals surface area contributed by atoms with Crippen LogP contribution in [0.15, 0.2) is 0 Å². The van der Waals surface area contributed by atoms with Crippen LogP contribution in [0.5, 0.6) is 0 Å². The molecule has 0 spiro atoms. The minimum atomic E-state index is -0.456. The first-order chi connectivity index (χ1) is 7.24. The second kappa shape index (κ2) is 6.08. The fourth-order valence-corrected chi connectivity index (χ4v) is 1.67. The minimum absolute atomic E-state index is 0.0657. The molecule has 0 heterocycles. The van der Waals surface area contributed by atoms with Crippen LogP contribution in [0.2, 0.25) is 0 Å². The smallest absolute Gasteiger partial charge is 0.253 e. The van der Waals surface area contributed by atoms with Gasteiger partial charge in [-0.3, -0.25) is 4.79 Å². The van der Waals surface area contributed by atoms with Crippen LogP contribution in [-0.4, -0.2) is 43.2 Å². The predicted octanol–water partition coefficient (Wildman–Crippen LogP) is 0.751. The molecular weight excluding hydrogens is 192 g/mol. The van der Waals surface area contributed by atoms with Gasteiger partial charge in [-0.2, -0.15) is 0 Å². The second-order valence-corrected chi connectivity index (χ2v) is 4.08. The molecule has 0 saturated heterocycles. The fourth-order valence-electron chi connectivity index (χ4n) is 1.67. The van der Waals surface area contributed by atoms with Gasteiger partial charge in [0, 0.05) is 26.2 Å². The van der Waals surface area contributed by atoms with Crippen molar-refractivity contribution in [2.45, 2.75) is 44.8 Å². The molecule has 0 radical (unpaired) electrons. The Labute approximate surface area is 91.8 Å². The average Bonchev–Trinajstić information content (AvgIpc) is 3.04. The van der Waals surface area contributed by atoms with E-state index in [2.05, 4.69) is 6.92 Å². The third-order valence-corrected chi connectivity index (χ3v) is 2.80. The lowest BCUT2D eigenvalue weighted by atomic mass is 10.2. The van der Waals surface area contributed by atoms with Crippen molar-refractivity contribution in [3.8, 4) is 0 Å². The summed E-state index contributed by atoms with van der Waals surface area (Å²) in [4.78, 5) is 14.0. The van der Waals surface area contributed by atoms with Crippen molar-refractivity contribution in [2.24, 2.45) is 5.73 Å². The van der Waals surface area contributed by atoms with Crippen molar-refractivity contribution in [3.63, 3.8) is 0 Å². The van der Waals surface area contributed by atoms with E-state index in [4.69, 9.17) is 10.5 Å². The van der Waals surface area contributed by atoms with E-state index in [0.717, 1.165) is 32.2 Å². The van der Waals surface area contributed by atoms with Gasteiger partial charge in [-0.25, -0.2) is 0 Å². The number of hydrogen-bond acceptors (Lipinski definition) is 3. The molecule has 1 fully saturated rings. The standard InChI is InChI=1S/C11H22N2O2/c1-3-4-7-13(9-5-6-9)11(14)10(8-12)15-2/h9-10H,3-8,12H2,1-2H3. The molecule has 2 N–H and O–H groups in total. The van der Waals surface area contributed by atoms with E-state index in [-0.39, 0.29) is 12.5 Å². The molecule has 4 nitrogen and oxygen atoms in total. The molecular formula is C11H22N2O2. The summed E-state index contributed by atoms with van der Waals surface area (Å²) in [7, 11) is 1.54. The predicted molar refractivity (Wildman–Crippen MR) is 59.5 cm³/mol. The Hall–Kier alpha value is -0.610. The lowest BCUT2D eigenvalue weighted by Crippen LogP contribution is -2.45. The van der Waals surface area contributed by atoms with Crippen LogP contribution in [0.3, 0.4) is 0 Å². The molecule has 1 amide bonds. The number of carbonyl (C=O) groups is 1. The maximum atomic E-state index is 12.0. The zero-order chi connectivity index (χ0) is 11.3. The van der Waals surface area contributed by atoms with Gasteiger partial charge < -0.3 is 15.4 Å². The number of carbonyl (C=O) groups excluding carboxylic acids is 1. The minimum Gasteiger partial charge on any atom is -0.370 e. The van der Waals surface area contributed by atoms with Gasteiger partial charge >= 0.3 is 0 Å². The Morgan fingerprint density at radius 2 is 2.27 bits per heavy atom. The molecule has 1 saturated carbocycles. The number of amides is 1. The number of nitrogens with zero attached hydrogens (tertiary/aromatic N) is 1. The zero-order valence-electron chi connectivity index (χ0n) is 9.74. The first-order valence-corrected chi connectivity index (χ1v) is 5.77. The molecule has 0 aromatic carbocycles. The Morgan fingerprint density at radius 1 is 1.60 bits per heavy atom. The van der Waals surface area contributed by atoms with Gasteiger partial charge in [-0.05, 0) is 19.3 Å². The molecule has 0 aliphatic heterocycles. The molecule has 1 aliphatic rings. The summed E-state index contributed by atoms with van der Waals surface area (Å²) in [6.45, 7) is 3.25. The molecule has 1 unspecified atom stereocenters. The first kappa shape index (κ1) is 12.5. The molecule has 0 bridgehead atoms. The number of rotatable bonds is 7. The van der Waals surface area contributed by atoms with E-state index in [1.807, 2.05) is 4.90 Å². The number of unbranched alkanes of at least 4 members (excludes halogenated alkanes) is 1. The average molecular weight is 214 g/mol. The van der Waals surface area contributed by atoms with Gasteiger partial charge in [-0.15, -0.1) is 0 Å². The van der Waals surface area contributed by atoms with Crippen LogP contribution in [0.25, 0.3) is 0 Å². The van der Waals surface area contributed by atoms with Crippen LogP contribution >= 0.6 is 0 Å². The lowest BCUT2D eigenvalue weighted by Gasteiger charge is -2.26. The molecule has 1 aliphatic carbocycles. The third-order valence-electron chi connectivity index (χ3n) is 2.80. The highest BCUT2D eigenvalue weighted by Crippen LogP contribution is 2.27. The third kappa shape index (κ3) is 3.47. The fraction of sp³-hybridized carbons (Fsp3) is 0.909. The monoisotopic (exact) mass is 214 g/mol. The van der Waals surface area contributed by atoms with E-state index in [0.29, 0.717) is 6.04 Å². The Morgan fingerprint density at radius 3 is 2.67 bits per heavy atom.